The number of nitrogens with one attached hydrogen (secondary N) is 1. The van der Waals surface area contributed by atoms with Crippen molar-refractivity contribution in [2.45, 2.75) is 17.4 Å². The number of rotatable bonds is 10. The summed E-state index contributed by atoms with van der Waals surface area (Å²) in [6, 6.07) is 23.5. The molecule has 0 saturated carbocycles. The first-order chi connectivity index (χ1) is 18.6. The molecule has 0 spiro atoms. The van der Waals surface area contributed by atoms with Crippen LogP contribution in [0.4, 0.5) is 0 Å². The first kappa shape index (κ1) is 28.4. The van der Waals surface area contributed by atoms with Gasteiger partial charge in [0.05, 0.1) is 25.0 Å². The normalized spacial score (nSPS) is 12.1. The number of halogens is 2. The number of methoxy groups -OCH3 is 2. The summed E-state index contributed by atoms with van der Waals surface area (Å²) in [6.07, 6.45) is 0. The van der Waals surface area contributed by atoms with E-state index in [4.69, 9.17) is 38.4 Å². The smallest absolute Gasteiger partial charge is 0.241 e. The fourth-order valence-electron chi connectivity index (χ4n) is 4.26. The molecule has 0 bridgehead atoms. The molecule has 1 amide bonds. The van der Waals surface area contributed by atoms with Gasteiger partial charge in [-0.3, -0.25) is 4.79 Å². The van der Waals surface area contributed by atoms with Gasteiger partial charge in [0.25, 0.3) is 0 Å². The van der Waals surface area contributed by atoms with E-state index in [1.54, 1.807) is 78.9 Å². The lowest BCUT2D eigenvalue weighted by Gasteiger charge is -2.19. The van der Waals surface area contributed by atoms with Crippen LogP contribution >= 0.6 is 23.2 Å². The van der Waals surface area contributed by atoms with Crippen LogP contribution in [0, 0.1) is 0 Å². The highest BCUT2D eigenvalue weighted by Gasteiger charge is 2.27. The summed E-state index contributed by atoms with van der Waals surface area (Å²) < 4.78 is 40.9. The highest BCUT2D eigenvalue weighted by Crippen LogP contribution is 2.36. The fourth-order valence-corrected chi connectivity index (χ4v) is 5.90. The molecule has 0 aliphatic heterocycles. The SMILES string of the molecule is COc1ccc(CNS(=O)(=O)c2cc(C(C(N)=O)c3ccccc3Cl)ccc2-c2ccc(Cl)cc2)c(OC)c1. The van der Waals surface area contributed by atoms with Crippen LogP contribution in [-0.4, -0.2) is 28.5 Å². The maximum atomic E-state index is 13.8. The van der Waals surface area contributed by atoms with Crippen molar-refractivity contribution in [3.05, 3.63) is 112 Å². The van der Waals surface area contributed by atoms with Crippen LogP contribution in [0.15, 0.2) is 89.8 Å². The van der Waals surface area contributed by atoms with Gasteiger partial charge in [0.15, 0.2) is 0 Å². The van der Waals surface area contributed by atoms with E-state index in [0.29, 0.717) is 49.4 Å². The van der Waals surface area contributed by atoms with E-state index in [1.165, 1.54) is 20.3 Å². The molecule has 0 aliphatic carbocycles. The van der Waals surface area contributed by atoms with Crippen LogP contribution in [0.25, 0.3) is 11.1 Å². The van der Waals surface area contributed by atoms with Crippen LogP contribution in [0.3, 0.4) is 0 Å². The third-order valence-electron chi connectivity index (χ3n) is 6.23. The van der Waals surface area contributed by atoms with E-state index in [0.717, 1.165) is 0 Å². The van der Waals surface area contributed by atoms with Gasteiger partial charge in [-0.25, -0.2) is 13.1 Å². The quantitative estimate of drug-likeness (QED) is 0.246. The minimum atomic E-state index is -4.12. The van der Waals surface area contributed by atoms with Crippen molar-refractivity contribution >= 4 is 39.1 Å². The van der Waals surface area contributed by atoms with Gasteiger partial charge in [-0.05, 0) is 47.0 Å². The fraction of sp³-hybridized carbons (Fsp3) is 0.138. The molecular weight excluding hydrogens is 559 g/mol. The third-order valence-corrected chi connectivity index (χ3v) is 8.27. The molecule has 202 valence electrons. The molecule has 0 fully saturated rings. The Balaban J connectivity index is 1.81. The maximum Gasteiger partial charge on any atom is 0.241 e. The van der Waals surface area contributed by atoms with Crippen LogP contribution in [0.5, 0.6) is 11.5 Å². The summed E-state index contributed by atoms with van der Waals surface area (Å²) in [5, 5.41) is 0.856. The lowest BCUT2D eigenvalue weighted by molar-refractivity contribution is -0.118. The molecule has 0 aromatic heterocycles. The number of hydrogen-bond acceptors (Lipinski definition) is 5. The molecule has 7 nitrogen and oxygen atoms in total. The summed E-state index contributed by atoms with van der Waals surface area (Å²) in [7, 11) is -1.09. The summed E-state index contributed by atoms with van der Waals surface area (Å²) in [5.74, 6) is -0.584. The van der Waals surface area contributed by atoms with Crippen LogP contribution < -0.4 is 19.9 Å². The molecule has 0 heterocycles. The van der Waals surface area contributed by atoms with Crippen LogP contribution in [0.1, 0.15) is 22.6 Å². The van der Waals surface area contributed by atoms with Gasteiger partial charge in [0.2, 0.25) is 15.9 Å². The van der Waals surface area contributed by atoms with Crippen molar-refractivity contribution < 1.29 is 22.7 Å². The molecule has 39 heavy (non-hydrogen) atoms. The molecule has 1 atom stereocenters. The molecule has 0 aliphatic rings. The summed E-state index contributed by atoms with van der Waals surface area (Å²) in [4.78, 5) is 12.6. The van der Waals surface area contributed by atoms with E-state index in [1.807, 2.05) is 0 Å². The Kier molecular flexibility index (Phi) is 8.82. The molecule has 3 N–H and O–H groups in total. The topological polar surface area (TPSA) is 108 Å². The summed E-state index contributed by atoms with van der Waals surface area (Å²) in [6.45, 7) is -0.0520. The second kappa shape index (κ2) is 12.1. The number of benzene rings is 4. The lowest BCUT2D eigenvalue weighted by Crippen LogP contribution is -2.26. The molecule has 4 aromatic rings. The molecule has 0 saturated heterocycles. The van der Waals surface area contributed by atoms with Gasteiger partial charge in [-0.2, -0.15) is 0 Å². The van der Waals surface area contributed by atoms with Gasteiger partial charge in [0, 0.05) is 33.8 Å². The van der Waals surface area contributed by atoms with Crippen molar-refractivity contribution in [2.75, 3.05) is 14.2 Å². The number of amides is 1. The van der Waals surface area contributed by atoms with Gasteiger partial charge in [0.1, 0.15) is 11.5 Å². The average Bonchev–Trinajstić information content (AvgIpc) is 2.93. The zero-order valence-corrected chi connectivity index (χ0v) is 23.5. The predicted octanol–water partition coefficient (Wildman–Crippen LogP) is 5.77. The number of hydrogen-bond donors (Lipinski definition) is 2. The Morgan fingerprint density at radius 2 is 1.64 bits per heavy atom. The zero-order chi connectivity index (χ0) is 28.2. The number of carbonyl (C=O) groups is 1. The third kappa shape index (κ3) is 6.37. The second-order valence-corrected chi connectivity index (χ2v) is 11.2. The predicted molar refractivity (Wildman–Crippen MR) is 153 cm³/mol. The molecule has 4 aromatic carbocycles. The standard InChI is InChI=1S/C29H26Cl2N2O5S/c1-37-22-13-9-20(26(16-22)38-2)17-33-39(35,36)27-15-19(10-14-23(27)18-7-11-21(30)12-8-18)28(29(32)34)24-5-3-4-6-25(24)31/h3-16,28,33H,17H2,1-2H3,(H2,32,34). The number of ether oxygens (including phenoxy) is 2. The number of carbonyl (C=O) groups excluding carboxylic acids is 1. The Morgan fingerprint density at radius 1 is 0.923 bits per heavy atom. The van der Waals surface area contributed by atoms with Crippen molar-refractivity contribution in [3.8, 4) is 22.6 Å². The Bertz CT molecular complexity index is 1610. The molecule has 0 radical (unpaired) electrons. The highest BCUT2D eigenvalue weighted by molar-refractivity contribution is 7.89. The zero-order valence-electron chi connectivity index (χ0n) is 21.2. The Morgan fingerprint density at radius 3 is 2.28 bits per heavy atom. The summed E-state index contributed by atoms with van der Waals surface area (Å²) in [5.41, 5.74) is 8.30. The van der Waals surface area contributed by atoms with Crippen LogP contribution in [0.2, 0.25) is 10.0 Å². The van der Waals surface area contributed by atoms with Gasteiger partial charge < -0.3 is 15.2 Å². The lowest BCUT2D eigenvalue weighted by atomic mass is 9.89. The van der Waals surface area contributed by atoms with Gasteiger partial charge >= 0.3 is 0 Å². The highest BCUT2D eigenvalue weighted by atomic mass is 35.5. The van der Waals surface area contributed by atoms with Crippen LogP contribution in [-0.2, 0) is 21.4 Å². The monoisotopic (exact) mass is 584 g/mol. The molecular formula is C29H26Cl2N2O5S. The maximum absolute atomic E-state index is 13.8. The molecule has 4 rings (SSSR count). The van der Waals surface area contributed by atoms with Gasteiger partial charge in [-0.1, -0.05) is 71.7 Å². The van der Waals surface area contributed by atoms with Crippen molar-refractivity contribution in [1.29, 1.82) is 0 Å². The average molecular weight is 586 g/mol. The van der Waals surface area contributed by atoms with E-state index < -0.39 is 21.8 Å². The Hall–Kier alpha value is -3.56. The minimum Gasteiger partial charge on any atom is -0.497 e. The minimum absolute atomic E-state index is 0.0342. The number of primary amides is 1. The first-order valence-corrected chi connectivity index (χ1v) is 14.0. The first-order valence-electron chi connectivity index (χ1n) is 11.8. The van der Waals surface area contributed by atoms with Crippen molar-refractivity contribution in [3.63, 3.8) is 0 Å². The van der Waals surface area contributed by atoms with Crippen molar-refractivity contribution in [2.24, 2.45) is 5.73 Å². The van der Waals surface area contributed by atoms with Gasteiger partial charge in [-0.15, -0.1) is 0 Å². The Labute approximate surface area is 237 Å². The van der Waals surface area contributed by atoms with E-state index in [9.17, 15) is 13.2 Å². The van der Waals surface area contributed by atoms with Crippen molar-refractivity contribution in [1.82, 2.24) is 4.72 Å². The summed E-state index contributed by atoms with van der Waals surface area (Å²) >= 11 is 12.4. The van der Waals surface area contributed by atoms with E-state index >= 15 is 0 Å². The molecule has 1 unspecified atom stereocenters. The largest absolute Gasteiger partial charge is 0.497 e. The van der Waals surface area contributed by atoms with E-state index in [2.05, 4.69) is 4.72 Å². The number of sulfonamides is 1. The van der Waals surface area contributed by atoms with E-state index in [-0.39, 0.29) is 11.4 Å². The molecule has 10 heteroatoms. The second-order valence-electron chi connectivity index (χ2n) is 8.62. The number of nitrogens with two attached hydrogens (primary N) is 1.